The second-order valence-corrected chi connectivity index (χ2v) is 7.76. The topological polar surface area (TPSA) is 69.0 Å². The summed E-state index contributed by atoms with van der Waals surface area (Å²) in [5.74, 6) is 0.961. The average molecular weight is 362 g/mol. The molecule has 0 aliphatic carbocycles. The molecule has 1 saturated heterocycles. The highest BCUT2D eigenvalue weighted by Crippen LogP contribution is 2.33. The Bertz CT molecular complexity index is 847. The number of hydrogen-bond acceptors (Lipinski definition) is 8. The molecule has 1 fully saturated rings. The first-order valence-electron chi connectivity index (χ1n) is 7.74. The van der Waals surface area contributed by atoms with Crippen LogP contribution < -0.4 is 4.90 Å². The zero-order chi connectivity index (χ0) is 16.5. The summed E-state index contributed by atoms with van der Waals surface area (Å²) in [7, 11) is 0. The van der Waals surface area contributed by atoms with Crippen molar-refractivity contribution in [3.63, 3.8) is 0 Å². The molecule has 3 aromatic heterocycles. The Morgan fingerprint density at radius 2 is 2.33 bits per heavy atom. The quantitative estimate of drug-likeness (QED) is 0.659. The lowest BCUT2D eigenvalue weighted by molar-refractivity contribution is 0.0273. The molecule has 126 valence electrons. The van der Waals surface area contributed by atoms with Gasteiger partial charge >= 0.3 is 0 Å². The number of ether oxygens (including phenoxy) is 1. The van der Waals surface area contributed by atoms with Gasteiger partial charge < -0.3 is 9.64 Å². The molecule has 0 aromatic carbocycles. The Hall–Kier alpha value is -1.71. The summed E-state index contributed by atoms with van der Waals surface area (Å²) in [4.78, 5) is 15.6. The number of nitrogens with zero attached hydrogens (tertiary/aromatic N) is 6. The van der Waals surface area contributed by atoms with Gasteiger partial charge in [0.25, 0.3) is 0 Å². The Labute approximate surface area is 148 Å². The number of anilines is 1. The van der Waals surface area contributed by atoms with Gasteiger partial charge in [-0.1, -0.05) is 11.8 Å². The molecule has 1 aliphatic rings. The van der Waals surface area contributed by atoms with Crippen molar-refractivity contribution in [3.8, 4) is 0 Å². The van der Waals surface area contributed by atoms with Gasteiger partial charge in [0, 0.05) is 19.3 Å². The minimum atomic E-state index is 0.0935. The second-order valence-electron chi connectivity index (χ2n) is 5.71. The summed E-state index contributed by atoms with van der Waals surface area (Å²) < 4.78 is 9.93. The van der Waals surface area contributed by atoms with E-state index in [0.717, 1.165) is 45.7 Å². The van der Waals surface area contributed by atoms with Crippen LogP contribution >= 0.6 is 23.1 Å². The molecule has 0 radical (unpaired) electrons. The van der Waals surface area contributed by atoms with Crippen LogP contribution in [0.3, 0.4) is 0 Å². The van der Waals surface area contributed by atoms with E-state index in [9.17, 15) is 0 Å². The van der Waals surface area contributed by atoms with E-state index in [1.54, 1.807) is 29.4 Å². The minimum absolute atomic E-state index is 0.0935. The van der Waals surface area contributed by atoms with Gasteiger partial charge in [-0.05, 0) is 18.7 Å². The largest absolute Gasteiger partial charge is 0.373 e. The predicted molar refractivity (Wildman–Crippen MR) is 95.9 cm³/mol. The number of thioether (sulfide) groups is 1. The SMILES string of the molecule is CSc1nc2ncnc(N3CCOC(Cn4cc(C)cn4)C3)c2s1. The zero-order valence-electron chi connectivity index (χ0n) is 13.5. The van der Waals surface area contributed by atoms with Crippen molar-refractivity contribution in [2.24, 2.45) is 0 Å². The minimum Gasteiger partial charge on any atom is -0.373 e. The molecule has 24 heavy (non-hydrogen) atoms. The molecule has 1 unspecified atom stereocenters. The van der Waals surface area contributed by atoms with E-state index in [1.807, 2.05) is 30.3 Å². The molecular weight excluding hydrogens is 344 g/mol. The highest BCUT2D eigenvalue weighted by molar-refractivity contribution is 8.00. The van der Waals surface area contributed by atoms with Crippen molar-refractivity contribution in [1.29, 1.82) is 0 Å². The summed E-state index contributed by atoms with van der Waals surface area (Å²) in [6.07, 6.45) is 7.63. The Morgan fingerprint density at radius 3 is 3.12 bits per heavy atom. The van der Waals surface area contributed by atoms with Crippen molar-refractivity contribution >= 4 is 39.3 Å². The molecule has 7 nitrogen and oxygen atoms in total. The monoisotopic (exact) mass is 362 g/mol. The van der Waals surface area contributed by atoms with E-state index >= 15 is 0 Å². The van der Waals surface area contributed by atoms with E-state index in [-0.39, 0.29) is 6.10 Å². The maximum Gasteiger partial charge on any atom is 0.176 e. The predicted octanol–water partition coefficient (Wildman–Crippen LogP) is 2.22. The van der Waals surface area contributed by atoms with Crippen LogP contribution in [0.5, 0.6) is 0 Å². The molecule has 0 amide bonds. The lowest BCUT2D eigenvalue weighted by atomic mass is 10.2. The molecule has 9 heteroatoms. The van der Waals surface area contributed by atoms with E-state index in [1.165, 1.54) is 0 Å². The number of rotatable bonds is 4. The molecule has 0 spiro atoms. The smallest absolute Gasteiger partial charge is 0.176 e. The molecule has 1 aliphatic heterocycles. The van der Waals surface area contributed by atoms with Crippen molar-refractivity contribution in [2.45, 2.75) is 23.9 Å². The number of fused-ring (bicyclic) bond motifs is 1. The van der Waals surface area contributed by atoms with Crippen LogP contribution in [-0.2, 0) is 11.3 Å². The first kappa shape index (κ1) is 15.8. The Morgan fingerprint density at radius 1 is 1.42 bits per heavy atom. The average Bonchev–Trinajstić information content (AvgIpc) is 3.20. The fraction of sp³-hybridized carbons (Fsp3) is 0.467. The Kier molecular flexibility index (Phi) is 4.38. The van der Waals surface area contributed by atoms with Gasteiger partial charge in [-0.25, -0.2) is 15.0 Å². The fourth-order valence-electron chi connectivity index (χ4n) is 2.83. The van der Waals surface area contributed by atoms with Gasteiger partial charge in [0.05, 0.1) is 25.5 Å². The van der Waals surface area contributed by atoms with Crippen LogP contribution in [0, 0.1) is 6.92 Å². The van der Waals surface area contributed by atoms with Crippen LogP contribution in [-0.4, -0.2) is 56.8 Å². The van der Waals surface area contributed by atoms with Gasteiger partial charge in [0.2, 0.25) is 0 Å². The maximum absolute atomic E-state index is 5.92. The molecular formula is C15H18N6OS2. The van der Waals surface area contributed by atoms with Gasteiger partial charge in [-0.3, -0.25) is 4.68 Å². The van der Waals surface area contributed by atoms with Crippen LogP contribution in [0.2, 0.25) is 0 Å². The van der Waals surface area contributed by atoms with Crippen LogP contribution in [0.25, 0.3) is 10.3 Å². The molecule has 0 bridgehead atoms. The normalized spacial score (nSPS) is 18.4. The first-order chi connectivity index (χ1) is 11.7. The summed E-state index contributed by atoms with van der Waals surface area (Å²) in [5.41, 5.74) is 1.94. The van der Waals surface area contributed by atoms with Crippen molar-refractivity contribution in [2.75, 3.05) is 30.9 Å². The van der Waals surface area contributed by atoms with Gasteiger partial charge in [-0.2, -0.15) is 5.10 Å². The Balaban J connectivity index is 1.56. The number of aryl methyl sites for hydroxylation is 1. The van der Waals surface area contributed by atoms with Crippen molar-refractivity contribution in [3.05, 3.63) is 24.3 Å². The molecule has 1 atom stereocenters. The van der Waals surface area contributed by atoms with E-state index in [4.69, 9.17) is 4.74 Å². The molecule has 4 heterocycles. The van der Waals surface area contributed by atoms with E-state index in [0.29, 0.717) is 6.61 Å². The van der Waals surface area contributed by atoms with Crippen molar-refractivity contribution in [1.82, 2.24) is 24.7 Å². The van der Waals surface area contributed by atoms with Crippen LogP contribution in [0.4, 0.5) is 5.82 Å². The number of hydrogen-bond donors (Lipinski definition) is 0. The van der Waals surface area contributed by atoms with E-state index < -0.39 is 0 Å². The summed E-state index contributed by atoms with van der Waals surface area (Å²) in [6.45, 7) is 5.09. The molecule has 4 rings (SSSR count). The highest BCUT2D eigenvalue weighted by Gasteiger charge is 2.24. The highest BCUT2D eigenvalue weighted by atomic mass is 32.2. The zero-order valence-corrected chi connectivity index (χ0v) is 15.2. The van der Waals surface area contributed by atoms with Gasteiger partial charge in [-0.15, -0.1) is 11.3 Å². The maximum atomic E-state index is 5.92. The first-order valence-corrected chi connectivity index (χ1v) is 9.78. The summed E-state index contributed by atoms with van der Waals surface area (Å²) in [6, 6.07) is 0. The third-order valence-electron chi connectivity index (χ3n) is 3.92. The molecule has 0 saturated carbocycles. The third-order valence-corrected chi connectivity index (χ3v) is 5.94. The van der Waals surface area contributed by atoms with Gasteiger partial charge in [0.1, 0.15) is 11.0 Å². The number of aromatic nitrogens is 5. The van der Waals surface area contributed by atoms with Crippen LogP contribution in [0.15, 0.2) is 23.1 Å². The van der Waals surface area contributed by atoms with E-state index in [2.05, 4.69) is 25.0 Å². The standard InChI is InChI=1S/C15H18N6OS2/c1-10-5-18-21(6-10)8-11-7-20(3-4-22-11)14-12-13(16-9-17-14)19-15(23-2)24-12/h5-6,9,11H,3-4,7-8H2,1-2H3. The number of thiazole rings is 1. The lowest BCUT2D eigenvalue weighted by Crippen LogP contribution is -2.44. The third kappa shape index (κ3) is 3.11. The lowest BCUT2D eigenvalue weighted by Gasteiger charge is -2.33. The second kappa shape index (κ2) is 6.66. The summed E-state index contributed by atoms with van der Waals surface area (Å²) in [5, 5.41) is 4.35. The fourth-order valence-corrected chi connectivity index (χ4v) is 4.36. The molecule has 0 N–H and O–H groups in total. The number of morpholine rings is 1. The molecule has 3 aromatic rings. The van der Waals surface area contributed by atoms with Gasteiger partial charge in [0.15, 0.2) is 15.8 Å². The summed E-state index contributed by atoms with van der Waals surface area (Å²) >= 11 is 3.29. The van der Waals surface area contributed by atoms with Crippen LogP contribution in [0.1, 0.15) is 5.56 Å². The van der Waals surface area contributed by atoms with Crippen molar-refractivity contribution < 1.29 is 4.74 Å².